The van der Waals surface area contributed by atoms with Crippen molar-refractivity contribution in [1.29, 1.82) is 0 Å². The van der Waals surface area contributed by atoms with E-state index in [0.717, 1.165) is 20.8 Å². The van der Waals surface area contributed by atoms with Crippen LogP contribution in [0.25, 0.3) is 0 Å². The van der Waals surface area contributed by atoms with E-state index in [4.69, 9.17) is 49.5 Å². The molecule has 0 spiro atoms. The number of carboxylic acids is 5. The molecule has 0 aliphatic carbocycles. The Bertz CT molecular complexity index is 245. The molecule has 0 saturated carbocycles. The van der Waals surface area contributed by atoms with Crippen LogP contribution in [0.1, 0.15) is 20.8 Å². The van der Waals surface area contributed by atoms with Gasteiger partial charge in [0.15, 0.2) is 0 Å². The normalized spacial score (nSPS) is 6.26. The van der Waals surface area contributed by atoms with E-state index in [1.165, 1.54) is 0 Å². The fourth-order valence-electron chi connectivity index (χ4n) is 0. The fraction of sp³-hybridized carbons (Fsp3) is 0.375. The van der Waals surface area contributed by atoms with E-state index < -0.39 is 29.8 Å². The molecule has 0 fully saturated rings. The van der Waals surface area contributed by atoms with Crippen molar-refractivity contribution >= 4 is 29.8 Å². The largest absolute Gasteiger partial charge is 0.481 e. The minimum Gasteiger partial charge on any atom is -0.481 e. The number of carbonyl (C=O) groups is 5. The number of hydrogen-bond donors (Lipinski definition) is 5. The van der Waals surface area contributed by atoms with Crippen LogP contribution in [0.3, 0.4) is 0 Å². The first-order valence-corrected chi connectivity index (χ1v) is 3.89. The molecule has 0 unspecified atom stereocenters. The molecule has 0 rings (SSSR count). The molecular weight excluding hydrogens is 311 g/mol. The van der Waals surface area contributed by atoms with E-state index in [1.807, 2.05) is 0 Å². The number of carboxylic acid groups (broad SMARTS) is 5. The fourth-order valence-corrected chi connectivity index (χ4v) is 0. The van der Waals surface area contributed by atoms with Crippen LogP contribution >= 0.6 is 0 Å². The molecule has 0 saturated heterocycles. The van der Waals surface area contributed by atoms with Crippen molar-refractivity contribution in [1.82, 2.24) is 0 Å². The van der Waals surface area contributed by atoms with Gasteiger partial charge in [0.2, 0.25) is 0 Å². The van der Waals surface area contributed by atoms with Gasteiger partial charge in [0, 0.05) is 37.8 Å². The monoisotopic (exact) mass is 325 g/mol. The van der Waals surface area contributed by atoms with Crippen molar-refractivity contribution < 1.29 is 66.6 Å². The molecule has 11 heteroatoms. The van der Waals surface area contributed by atoms with Gasteiger partial charge in [-0.2, -0.15) is 0 Å². The Labute approximate surface area is 118 Å². The van der Waals surface area contributed by atoms with Gasteiger partial charge >= 0.3 is 11.9 Å². The van der Waals surface area contributed by atoms with Crippen LogP contribution in [0, 0.1) is 0 Å². The quantitative estimate of drug-likeness (QED) is 0.285. The predicted octanol–water partition coefficient (Wildman–Crippen LogP) is -0.574. The molecule has 0 aromatic carbocycles. The van der Waals surface area contributed by atoms with Crippen molar-refractivity contribution in [3.63, 3.8) is 0 Å². The first-order chi connectivity index (χ1) is 7.84. The third-order valence-corrected chi connectivity index (χ3v) is 0.183. The Morgan fingerprint density at radius 1 is 0.526 bits per heavy atom. The van der Waals surface area contributed by atoms with Crippen molar-refractivity contribution in [2.75, 3.05) is 0 Å². The van der Waals surface area contributed by atoms with Crippen LogP contribution in [-0.4, -0.2) is 55.4 Å². The van der Waals surface area contributed by atoms with Gasteiger partial charge in [-0.15, -0.1) is 0 Å². The molecule has 10 nitrogen and oxygen atoms in total. The summed E-state index contributed by atoms with van der Waals surface area (Å²) in [5.41, 5.74) is 0. The smallest absolute Gasteiger partial charge is 0.414 e. The van der Waals surface area contributed by atoms with E-state index in [9.17, 15) is 0 Å². The zero-order valence-electron chi connectivity index (χ0n) is 10.2. The van der Waals surface area contributed by atoms with Crippen molar-refractivity contribution in [3.05, 3.63) is 0 Å². The second kappa shape index (κ2) is 21.2. The topological polar surface area (TPSA) is 186 Å². The molecule has 113 valence electrons. The Kier molecular flexibility index (Phi) is 33.6. The van der Waals surface area contributed by atoms with E-state index in [-0.39, 0.29) is 17.1 Å². The minimum atomic E-state index is -1.82. The summed E-state index contributed by atoms with van der Waals surface area (Å²) in [6.07, 6.45) is 0. The molecule has 19 heavy (non-hydrogen) atoms. The number of aliphatic carboxylic acids is 5. The average molecular weight is 325 g/mol. The Hall–Kier alpha value is -2.13. The van der Waals surface area contributed by atoms with Crippen LogP contribution in [0.15, 0.2) is 0 Å². The summed E-state index contributed by atoms with van der Waals surface area (Å²) in [6.45, 7) is 3.25. The summed E-state index contributed by atoms with van der Waals surface area (Å²) in [5.74, 6) is -6.15. The molecule has 0 aromatic heterocycles. The standard InChI is InChI=1S/C2H2O4.3C2H4O2.Mn/c3-1(4)2(5)6;3*1-2(3)4;/h(H,3,4)(H,5,6);3*1H3,(H,3,4);. The molecule has 1 radical (unpaired) electrons. The van der Waals surface area contributed by atoms with E-state index in [2.05, 4.69) is 0 Å². The molecule has 0 atom stereocenters. The van der Waals surface area contributed by atoms with E-state index >= 15 is 0 Å². The molecule has 5 N–H and O–H groups in total. The van der Waals surface area contributed by atoms with Gasteiger partial charge in [-0.25, -0.2) is 9.59 Å². The molecule has 0 bridgehead atoms. The summed E-state index contributed by atoms with van der Waals surface area (Å²) in [6, 6.07) is 0. The maximum atomic E-state index is 9.10. The van der Waals surface area contributed by atoms with Crippen LogP contribution in [0.2, 0.25) is 0 Å². The van der Waals surface area contributed by atoms with Crippen LogP contribution < -0.4 is 0 Å². The summed E-state index contributed by atoms with van der Waals surface area (Å²) in [7, 11) is 0. The molecule has 0 aliphatic rings. The minimum absolute atomic E-state index is 0. The van der Waals surface area contributed by atoms with Crippen LogP contribution in [-0.2, 0) is 41.0 Å². The zero-order chi connectivity index (χ0) is 15.9. The Balaban J connectivity index is -0.0000000459. The van der Waals surface area contributed by atoms with Crippen LogP contribution in [0.4, 0.5) is 0 Å². The average Bonchev–Trinajstić information content (AvgIpc) is 1.99. The van der Waals surface area contributed by atoms with Gasteiger partial charge in [0.1, 0.15) is 0 Å². The van der Waals surface area contributed by atoms with Gasteiger partial charge in [-0.05, 0) is 0 Å². The second-order valence-corrected chi connectivity index (χ2v) is 2.17. The third kappa shape index (κ3) is 873. The predicted molar refractivity (Wildman–Crippen MR) is 55.2 cm³/mol. The van der Waals surface area contributed by atoms with E-state index in [1.54, 1.807) is 0 Å². The molecule has 0 aliphatic heterocycles. The number of rotatable bonds is 0. The van der Waals surface area contributed by atoms with Gasteiger partial charge in [-0.3, -0.25) is 14.4 Å². The SMILES string of the molecule is CC(=O)O.CC(=O)O.CC(=O)O.O=C(O)C(=O)O.[Mn]. The summed E-state index contributed by atoms with van der Waals surface area (Å²) < 4.78 is 0. The van der Waals surface area contributed by atoms with Gasteiger partial charge in [0.05, 0.1) is 0 Å². The first-order valence-electron chi connectivity index (χ1n) is 3.89. The van der Waals surface area contributed by atoms with Gasteiger partial charge in [0.25, 0.3) is 17.9 Å². The second-order valence-electron chi connectivity index (χ2n) is 2.17. The maximum absolute atomic E-state index is 9.10. The Morgan fingerprint density at radius 2 is 0.579 bits per heavy atom. The van der Waals surface area contributed by atoms with Gasteiger partial charge in [-0.1, -0.05) is 0 Å². The molecular formula is C8H14MnO10. The van der Waals surface area contributed by atoms with E-state index in [0.29, 0.717) is 0 Å². The van der Waals surface area contributed by atoms with Gasteiger partial charge < -0.3 is 25.5 Å². The molecule has 0 aromatic rings. The van der Waals surface area contributed by atoms with Crippen LogP contribution in [0.5, 0.6) is 0 Å². The summed E-state index contributed by atoms with van der Waals surface area (Å²) in [5, 5.41) is 37.0. The maximum Gasteiger partial charge on any atom is 0.414 e. The summed E-state index contributed by atoms with van der Waals surface area (Å²) in [4.78, 5) is 45.2. The van der Waals surface area contributed by atoms with Crippen molar-refractivity contribution in [2.24, 2.45) is 0 Å². The number of hydrogen-bond acceptors (Lipinski definition) is 5. The molecule has 0 heterocycles. The summed E-state index contributed by atoms with van der Waals surface area (Å²) >= 11 is 0. The molecule has 0 amide bonds. The Morgan fingerprint density at radius 3 is 0.579 bits per heavy atom. The van der Waals surface area contributed by atoms with Crippen molar-refractivity contribution in [3.8, 4) is 0 Å². The zero-order valence-corrected chi connectivity index (χ0v) is 11.3. The van der Waals surface area contributed by atoms with Crippen molar-refractivity contribution in [2.45, 2.75) is 20.8 Å². The third-order valence-electron chi connectivity index (χ3n) is 0.183. The first kappa shape index (κ1) is 30.2.